The van der Waals surface area contributed by atoms with Crippen LogP contribution >= 0.6 is 0 Å². The number of hydrogen-bond donors (Lipinski definition) is 0. The molecule has 8 rings (SSSR count). The molecular weight excluding hydrogens is 430 g/mol. The molecule has 5 nitrogen and oxygen atoms in total. The normalized spacial score (nSPS) is 15.0. The van der Waals surface area contributed by atoms with Crippen LogP contribution in [-0.4, -0.2) is 19.1 Å². The summed E-state index contributed by atoms with van der Waals surface area (Å²) in [5.41, 5.74) is 8.19. The highest BCUT2D eigenvalue weighted by atomic mass is 15.2. The molecule has 0 saturated heterocycles. The Balaban J connectivity index is 1.54. The fraction of sp³-hybridized carbons (Fsp3) is 0.0333. The molecule has 0 fully saturated rings. The van der Waals surface area contributed by atoms with Gasteiger partial charge in [0.2, 0.25) is 0 Å². The van der Waals surface area contributed by atoms with Gasteiger partial charge in [-0.2, -0.15) is 0 Å². The zero-order valence-electron chi connectivity index (χ0n) is 18.7. The van der Waals surface area contributed by atoms with Crippen molar-refractivity contribution in [2.75, 3.05) is 0 Å². The Morgan fingerprint density at radius 2 is 1.43 bits per heavy atom. The number of aromatic nitrogens is 4. The fourth-order valence-corrected chi connectivity index (χ4v) is 5.48. The van der Waals surface area contributed by atoms with E-state index < -0.39 is 0 Å². The number of para-hydroxylation sites is 3. The van der Waals surface area contributed by atoms with Gasteiger partial charge >= 0.3 is 0 Å². The van der Waals surface area contributed by atoms with Crippen LogP contribution in [0.5, 0.6) is 0 Å². The summed E-state index contributed by atoms with van der Waals surface area (Å²) in [4.78, 5) is 15.1. The van der Waals surface area contributed by atoms with Gasteiger partial charge in [-0.15, -0.1) is 0 Å². The van der Waals surface area contributed by atoms with Gasteiger partial charge in [-0.05, 0) is 53.8 Å². The maximum absolute atomic E-state index is 5.26. The van der Waals surface area contributed by atoms with Crippen LogP contribution in [0.15, 0.2) is 108 Å². The van der Waals surface area contributed by atoms with Gasteiger partial charge in [0.1, 0.15) is 17.2 Å². The molecule has 0 N–H and O–H groups in total. The van der Waals surface area contributed by atoms with E-state index in [9.17, 15) is 0 Å². The minimum absolute atomic E-state index is 0.148. The van der Waals surface area contributed by atoms with E-state index in [2.05, 4.69) is 94.1 Å². The molecule has 5 heterocycles. The van der Waals surface area contributed by atoms with Crippen LogP contribution in [0.3, 0.4) is 0 Å². The van der Waals surface area contributed by atoms with Gasteiger partial charge in [-0.1, -0.05) is 54.6 Å². The second-order valence-corrected chi connectivity index (χ2v) is 8.92. The first-order chi connectivity index (χ1) is 17.4. The average molecular weight is 450 g/mol. The Kier molecular flexibility index (Phi) is 3.66. The Morgan fingerprint density at radius 1 is 0.629 bits per heavy atom. The van der Waals surface area contributed by atoms with Gasteiger partial charge < -0.3 is 9.13 Å². The molecule has 1 unspecified atom stereocenters. The van der Waals surface area contributed by atoms with Crippen LogP contribution in [0.25, 0.3) is 55.8 Å². The van der Waals surface area contributed by atoms with Crippen LogP contribution in [0.1, 0.15) is 6.17 Å². The quantitative estimate of drug-likeness (QED) is 0.360. The third-order valence-corrected chi connectivity index (χ3v) is 6.97. The van der Waals surface area contributed by atoms with Crippen molar-refractivity contribution < 1.29 is 0 Å². The summed E-state index contributed by atoms with van der Waals surface area (Å²) in [6.07, 6.45) is 3.92. The van der Waals surface area contributed by atoms with E-state index >= 15 is 0 Å². The van der Waals surface area contributed by atoms with Gasteiger partial charge in [-0.3, -0.25) is 9.98 Å². The molecule has 3 aromatic carbocycles. The Bertz CT molecular complexity index is 2030. The number of fused-ring (bicyclic) bond motifs is 7. The van der Waals surface area contributed by atoms with Crippen molar-refractivity contribution >= 4 is 50.1 Å². The molecule has 1 aliphatic rings. The first kappa shape index (κ1) is 18.6. The summed E-state index contributed by atoms with van der Waals surface area (Å²) in [7, 11) is 0. The largest absolute Gasteiger partial charge is 0.311 e. The minimum atomic E-state index is -0.148. The van der Waals surface area contributed by atoms with Crippen LogP contribution < -0.4 is 10.6 Å². The van der Waals surface area contributed by atoms with E-state index in [1.54, 1.807) is 0 Å². The van der Waals surface area contributed by atoms with Gasteiger partial charge in [0.15, 0.2) is 0 Å². The average Bonchev–Trinajstić information content (AvgIpc) is 3.57. The molecule has 0 amide bonds. The third-order valence-electron chi connectivity index (χ3n) is 6.97. The molecule has 0 aliphatic carbocycles. The Labute approximate surface area is 199 Å². The molecule has 0 bridgehead atoms. The molecule has 1 atom stereocenters. The smallest absolute Gasteiger partial charge is 0.146 e. The molecule has 0 radical (unpaired) electrons. The maximum Gasteiger partial charge on any atom is 0.146 e. The monoisotopic (exact) mass is 449 g/mol. The van der Waals surface area contributed by atoms with Crippen molar-refractivity contribution in [3.63, 3.8) is 0 Å². The van der Waals surface area contributed by atoms with E-state index in [1.165, 1.54) is 0 Å². The summed E-state index contributed by atoms with van der Waals surface area (Å²) < 4.78 is 4.58. The molecule has 35 heavy (non-hydrogen) atoms. The zero-order chi connectivity index (χ0) is 22.9. The molecule has 5 heteroatoms. The molecule has 7 aromatic rings. The van der Waals surface area contributed by atoms with Crippen molar-refractivity contribution in [2.45, 2.75) is 6.17 Å². The highest BCUT2D eigenvalue weighted by molar-refractivity contribution is 6.13. The van der Waals surface area contributed by atoms with E-state index in [1.807, 2.05) is 24.4 Å². The lowest BCUT2D eigenvalue weighted by Gasteiger charge is -2.12. The summed E-state index contributed by atoms with van der Waals surface area (Å²) in [6.45, 7) is 0. The first-order valence-electron chi connectivity index (χ1n) is 11.8. The van der Waals surface area contributed by atoms with Crippen molar-refractivity contribution in [3.05, 3.63) is 114 Å². The topological polar surface area (TPSA) is 48.0 Å². The second kappa shape index (κ2) is 6.87. The fourth-order valence-electron chi connectivity index (χ4n) is 5.48. The van der Waals surface area contributed by atoms with E-state index in [4.69, 9.17) is 15.0 Å². The first-order valence-corrected chi connectivity index (χ1v) is 11.8. The standard InChI is InChI=1S/C30H19N5/c1-2-10-20(11-3-1)34-23-14-7-5-12-21(23)28-25(34)18-26-30(33-28)29-24(15-8-16-31-29)35(26)27-17-19-9-4-6-13-22(19)32-27/h1-18,27H. The number of nitrogens with zero attached hydrogens (tertiary/aromatic N) is 5. The van der Waals surface area contributed by atoms with Gasteiger partial charge in [0, 0.05) is 17.3 Å². The lowest BCUT2D eigenvalue weighted by Crippen LogP contribution is -2.19. The van der Waals surface area contributed by atoms with Crippen molar-refractivity contribution in [3.8, 4) is 5.69 Å². The third kappa shape index (κ3) is 2.55. The van der Waals surface area contributed by atoms with E-state index in [0.717, 1.165) is 60.3 Å². The van der Waals surface area contributed by atoms with Crippen molar-refractivity contribution in [2.24, 2.45) is 4.99 Å². The SMILES string of the molecule is C1=c2ccccc2=NC1n1c2cccnc2c2nc3c4ccccc4n(-c4ccccc4)c3cc21. The Hall–Kier alpha value is -4.77. The highest BCUT2D eigenvalue weighted by Crippen LogP contribution is 2.37. The molecule has 0 saturated carbocycles. The van der Waals surface area contributed by atoms with Gasteiger partial charge in [0.05, 0.1) is 32.9 Å². The minimum Gasteiger partial charge on any atom is -0.311 e. The van der Waals surface area contributed by atoms with E-state index in [0.29, 0.717) is 0 Å². The van der Waals surface area contributed by atoms with Crippen LogP contribution in [-0.2, 0) is 0 Å². The number of hydrogen-bond acceptors (Lipinski definition) is 3. The number of rotatable bonds is 2. The van der Waals surface area contributed by atoms with Crippen molar-refractivity contribution in [1.29, 1.82) is 0 Å². The van der Waals surface area contributed by atoms with E-state index in [-0.39, 0.29) is 6.17 Å². The van der Waals surface area contributed by atoms with Crippen LogP contribution in [0.2, 0.25) is 0 Å². The molecule has 0 spiro atoms. The maximum atomic E-state index is 5.26. The predicted octanol–water partition coefficient (Wildman–Crippen LogP) is 5.29. The second-order valence-electron chi connectivity index (χ2n) is 8.92. The Morgan fingerprint density at radius 3 is 2.34 bits per heavy atom. The molecular formula is C30H19N5. The number of pyridine rings is 2. The number of benzene rings is 3. The van der Waals surface area contributed by atoms with Crippen LogP contribution in [0, 0.1) is 0 Å². The lowest BCUT2D eigenvalue weighted by atomic mass is 10.2. The lowest BCUT2D eigenvalue weighted by molar-refractivity contribution is 0.706. The summed E-state index contributed by atoms with van der Waals surface area (Å²) >= 11 is 0. The highest BCUT2D eigenvalue weighted by Gasteiger charge is 2.22. The summed E-state index contributed by atoms with van der Waals surface area (Å²) in [5, 5.41) is 3.31. The molecule has 4 aromatic heterocycles. The van der Waals surface area contributed by atoms with Crippen LogP contribution in [0.4, 0.5) is 0 Å². The summed E-state index contributed by atoms with van der Waals surface area (Å²) in [6, 6.07) is 33.6. The zero-order valence-corrected chi connectivity index (χ0v) is 18.7. The molecule has 164 valence electrons. The predicted molar refractivity (Wildman–Crippen MR) is 140 cm³/mol. The van der Waals surface area contributed by atoms with Gasteiger partial charge in [0.25, 0.3) is 0 Å². The molecule has 1 aliphatic heterocycles. The van der Waals surface area contributed by atoms with Crippen molar-refractivity contribution in [1.82, 2.24) is 19.1 Å². The van der Waals surface area contributed by atoms with Gasteiger partial charge in [-0.25, -0.2) is 4.98 Å². The summed E-state index contributed by atoms with van der Waals surface area (Å²) in [5.74, 6) is 0.